The zero-order chi connectivity index (χ0) is 17.7. The summed E-state index contributed by atoms with van der Waals surface area (Å²) in [6.45, 7) is 1.56. The van der Waals surface area contributed by atoms with Gasteiger partial charge in [-0.1, -0.05) is 11.6 Å². The standard InChI is InChI=1S/C14H14ClN5O4/c1-8-17-5-9(14(16)19-8)6-18-13(21)7-24-12-3-2-10(20(22)23)4-11(12)15/h2-5H,6-7H2,1H3,(H,18,21)(H2,16,17,19). The summed E-state index contributed by atoms with van der Waals surface area (Å²) >= 11 is 5.87. The maximum Gasteiger partial charge on any atom is 0.271 e. The molecule has 0 aliphatic carbocycles. The molecule has 0 fully saturated rings. The fourth-order valence-electron chi connectivity index (χ4n) is 1.76. The van der Waals surface area contributed by atoms with E-state index in [1.807, 2.05) is 0 Å². The lowest BCUT2D eigenvalue weighted by Crippen LogP contribution is -2.29. The average Bonchev–Trinajstić information content (AvgIpc) is 2.52. The Morgan fingerprint density at radius 2 is 2.25 bits per heavy atom. The van der Waals surface area contributed by atoms with Crippen LogP contribution < -0.4 is 15.8 Å². The molecule has 1 amide bonds. The number of aryl methyl sites for hydroxylation is 1. The molecule has 10 heteroatoms. The predicted octanol–water partition coefficient (Wildman–Crippen LogP) is 1.62. The maximum absolute atomic E-state index is 11.8. The van der Waals surface area contributed by atoms with Crippen LogP contribution in [-0.2, 0) is 11.3 Å². The summed E-state index contributed by atoms with van der Waals surface area (Å²) in [6.07, 6.45) is 1.53. The number of nitro groups is 1. The Kier molecular flexibility index (Phi) is 5.48. The van der Waals surface area contributed by atoms with Crippen molar-refractivity contribution in [3.05, 3.63) is 50.9 Å². The van der Waals surface area contributed by atoms with E-state index in [1.165, 1.54) is 18.3 Å². The second-order valence-corrected chi connectivity index (χ2v) is 5.17. The molecular weight excluding hydrogens is 338 g/mol. The number of hydrogen-bond acceptors (Lipinski definition) is 7. The van der Waals surface area contributed by atoms with Crippen molar-refractivity contribution in [2.45, 2.75) is 13.5 Å². The minimum absolute atomic E-state index is 0.0492. The van der Waals surface area contributed by atoms with Gasteiger partial charge in [-0.3, -0.25) is 14.9 Å². The van der Waals surface area contributed by atoms with Crippen molar-refractivity contribution in [1.82, 2.24) is 15.3 Å². The van der Waals surface area contributed by atoms with Crippen molar-refractivity contribution < 1.29 is 14.5 Å². The van der Waals surface area contributed by atoms with Gasteiger partial charge >= 0.3 is 0 Å². The first-order valence-electron chi connectivity index (χ1n) is 6.78. The van der Waals surface area contributed by atoms with Crippen LogP contribution in [0.4, 0.5) is 11.5 Å². The number of halogens is 1. The zero-order valence-electron chi connectivity index (χ0n) is 12.7. The van der Waals surface area contributed by atoms with Crippen LogP contribution in [0.3, 0.4) is 0 Å². The van der Waals surface area contributed by atoms with Crippen molar-refractivity contribution in [2.75, 3.05) is 12.3 Å². The van der Waals surface area contributed by atoms with Crippen molar-refractivity contribution in [1.29, 1.82) is 0 Å². The number of anilines is 1. The van der Waals surface area contributed by atoms with Crippen LogP contribution in [0, 0.1) is 17.0 Å². The number of rotatable bonds is 6. The van der Waals surface area contributed by atoms with Gasteiger partial charge in [-0.2, -0.15) is 0 Å². The largest absolute Gasteiger partial charge is 0.482 e. The molecule has 0 saturated carbocycles. The minimum atomic E-state index is -0.573. The molecule has 0 saturated heterocycles. The molecule has 1 aromatic heterocycles. The molecule has 2 rings (SSSR count). The Balaban J connectivity index is 1.88. The fraction of sp³-hybridized carbons (Fsp3) is 0.214. The number of nitro benzene ring substituents is 1. The number of benzene rings is 1. The van der Waals surface area contributed by atoms with Crippen molar-refractivity contribution >= 4 is 29.0 Å². The molecule has 0 unspecified atom stereocenters. The number of hydrogen-bond donors (Lipinski definition) is 2. The molecular formula is C14H14ClN5O4. The molecule has 0 aliphatic heterocycles. The van der Waals surface area contributed by atoms with Gasteiger partial charge in [-0.25, -0.2) is 9.97 Å². The van der Waals surface area contributed by atoms with Crippen LogP contribution in [0.1, 0.15) is 11.4 Å². The first kappa shape index (κ1) is 17.4. The van der Waals surface area contributed by atoms with E-state index < -0.39 is 10.8 Å². The summed E-state index contributed by atoms with van der Waals surface area (Å²) in [5, 5.41) is 13.3. The summed E-state index contributed by atoms with van der Waals surface area (Å²) in [6, 6.07) is 3.72. The molecule has 0 bridgehead atoms. The highest BCUT2D eigenvalue weighted by molar-refractivity contribution is 6.32. The third-order valence-electron chi connectivity index (χ3n) is 2.98. The summed E-state index contributed by atoms with van der Waals surface area (Å²) in [7, 11) is 0. The Morgan fingerprint density at radius 1 is 1.50 bits per heavy atom. The van der Waals surface area contributed by atoms with E-state index in [0.717, 1.165) is 6.07 Å². The molecule has 0 atom stereocenters. The van der Waals surface area contributed by atoms with Gasteiger partial charge in [0.15, 0.2) is 6.61 Å². The lowest BCUT2D eigenvalue weighted by Gasteiger charge is -2.09. The number of aromatic nitrogens is 2. The fourth-order valence-corrected chi connectivity index (χ4v) is 1.99. The van der Waals surface area contributed by atoms with Crippen molar-refractivity contribution in [2.24, 2.45) is 0 Å². The Labute approximate surface area is 142 Å². The highest BCUT2D eigenvalue weighted by atomic mass is 35.5. The number of nitrogens with zero attached hydrogens (tertiary/aromatic N) is 3. The van der Waals surface area contributed by atoms with Crippen LogP contribution >= 0.6 is 11.6 Å². The van der Waals surface area contributed by atoms with Crippen LogP contribution in [0.2, 0.25) is 5.02 Å². The van der Waals surface area contributed by atoms with Crippen LogP contribution in [0.5, 0.6) is 5.75 Å². The van der Waals surface area contributed by atoms with E-state index in [4.69, 9.17) is 22.1 Å². The molecule has 0 radical (unpaired) electrons. The number of nitrogen functional groups attached to an aromatic ring is 1. The number of amides is 1. The number of carbonyl (C=O) groups is 1. The molecule has 9 nitrogen and oxygen atoms in total. The maximum atomic E-state index is 11.8. The third-order valence-corrected chi connectivity index (χ3v) is 3.27. The molecule has 3 N–H and O–H groups in total. The number of nitrogens with one attached hydrogen (secondary N) is 1. The Hall–Kier alpha value is -2.94. The predicted molar refractivity (Wildman–Crippen MR) is 86.6 cm³/mol. The summed E-state index contributed by atoms with van der Waals surface area (Å²) in [5.74, 6) is 0.598. The molecule has 0 spiro atoms. The number of non-ortho nitro benzene ring substituents is 1. The summed E-state index contributed by atoms with van der Waals surface area (Å²) in [5.41, 5.74) is 6.15. The highest BCUT2D eigenvalue weighted by Gasteiger charge is 2.12. The molecule has 0 aliphatic rings. The van der Waals surface area contributed by atoms with Gasteiger partial charge < -0.3 is 15.8 Å². The van der Waals surface area contributed by atoms with Gasteiger partial charge in [0.25, 0.3) is 11.6 Å². The number of carbonyl (C=O) groups excluding carboxylic acids is 1. The highest BCUT2D eigenvalue weighted by Crippen LogP contribution is 2.28. The van der Waals surface area contributed by atoms with Gasteiger partial charge in [0, 0.05) is 30.4 Å². The third kappa shape index (κ3) is 4.53. The first-order valence-corrected chi connectivity index (χ1v) is 7.16. The van der Waals surface area contributed by atoms with E-state index >= 15 is 0 Å². The SMILES string of the molecule is Cc1ncc(CNC(=O)COc2ccc([N+](=O)[O-])cc2Cl)c(N)n1. The Bertz CT molecular complexity index is 784. The minimum Gasteiger partial charge on any atom is -0.482 e. The van der Waals surface area contributed by atoms with Gasteiger partial charge in [-0.05, 0) is 13.0 Å². The number of ether oxygens (including phenoxy) is 1. The molecule has 2 aromatic rings. The lowest BCUT2D eigenvalue weighted by molar-refractivity contribution is -0.384. The van der Waals surface area contributed by atoms with Crippen LogP contribution in [-0.4, -0.2) is 27.4 Å². The van der Waals surface area contributed by atoms with Gasteiger partial charge in [0.1, 0.15) is 17.4 Å². The molecule has 126 valence electrons. The van der Waals surface area contributed by atoms with E-state index in [-0.39, 0.29) is 29.6 Å². The first-order chi connectivity index (χ1) is 11.4. The van der Waals surface area contributed by atoms with E-state index in [1.54, 1.807) is 6.92 Å². The Morgan fingerprint density at radius 3 is 2.88 bits per heavy atom. The smallest absolute Gasteiger partial charge is 0.271 e. The van der Waals surface area contributed by atoms with Gasteiger partial charge in [0.05, 0.1) is 9.95 Å². The summed E-state index contributed by atoms with van der Waals surface area (Å²) < 4.78 is 5.24. The molecule has 1 heterocycles. The number of nitrogens with two attached hydrogens (primary N) is 1. The zero-order valence-corrected chi connectivity index (χ0v) is 13.4. The normalized spacial score (nSPS) is 10.2. The van der Waals surface area contributed by atoms with E-state index in [2.05, 4.69) is 15.3 Å². The van der Waals surface area contributed by atoms with E-state index in [9.17, 15) is 14.9 Å². The molecule has 1 aromatic carbocycles. The van der Waals surface area contributed by atoms with Crippen molar-refractivity contribution in [3.63, 3.8) is 0 Å². The average molecular weight is 352 g/mol. The molecule has 24 heavy (non-hydrogen) atoms. The second kappa shape index (κ2) is 7.55. The van der Waals surface area contributed by atoms with Crippen LogP contribution in [0.15, 0.2) is 24.4 Å². The quantitative estimate of drug-likeness (QED) is 0.596. The lowest BCUT2D eigenvalue weighted by atomic mass is 10.3. The topological polar surface area (TPSA) is 133 Å². The van der Waals surface area contributed by atoms with Gasteiger partial charge in [-0.15, -0.1) is 0 Å². The second-order valence-electron chi connectivity index (χ2n) is 4.76. The van der Waals surface area contributed by atoms with Gasteiger partial charge in [0.2, 0.25) is 0 Å². The monoisotopic (exact) mass is 351 g/mol. The van der Waals surface area contributed by atoms with Crippen LogP contribution in [0.25, 0.3) is 0 Å². The van der Waals surface area contributed by atoms with E-state index in [0.29, 0.717) is 17.2 Å². The summed E-state index contributed by atoms with van der Waals surface area (Å²) in [4.78, 5) is 29.8. The van der Waals surface area contributed by atoms with Crippen molar-refractivity contribution in [3.8, 4) is 5.75 Å².